The van der Waals surface area contributed by atoms with E-state index in [-0.39, 0.29) is 12.5 Å². The second kappa shape index (κ2) is 7.70. The number of benzene rings is 1. The first-order valence-corrected chi connectivity index (χ1v) is 8.70. The number of nitrogens with zero attached hydrogens (tertiary/aromatic N) is 3. The van der Waals surface area contributed by atoms with Crippen LogP contribution in [0.4, 0.5) is 0 Å². The zero-order valence-corrected chi connectivity index (χ0v) is 14.6. The predicted octanol–water partition coefficient (Wildman–Crippen LogP) is 2.01. The van der Waals surface area contributed by atoms with Crippen LogP contribution in [0.25, 0.3) is 0 Å². The van der Waals surface area contributed by atoms with Gasteiger partial charge in [-0.25, -0.2) is 4.98 Å². The van der Waals surface area contributed by atoms with Gasteiger partial charge in [0, 0.05) is 31.9 Å². The highest BCUT2D eigenvalue weighted by Gasteiger charge is 2.38. The average Bonchev–Trinajstić information content (AvgIpc) is 3.24. The normalized spacial score (nSPS) is 20.0. The van der Waals surface area contributed by atoms with E-state index < -0.39 is 5.60 Å². The van der Waals surface area contributed by atoms with Crippen molar-refractivity contribution in [1.82, 2.24) is 14.5 Å². The van der Waals surface area contributed by atoms with E-state index in [1.807, 2.05) is 42.0 Å². The van der Waals surface area contributed by atoms with E-state index in [0.29, 0.717) is 25.9 Å². The van der Waals surface area contributed by atoms with Crippen molar-refractivity contribution in [3.05, 3.63) is 48.5 Å². The number of aromatic nitrogens is 2. The highest BCUT2D eigenvalue weighted by molar-refractivity contribution is 5.76. The number of ether oxygens (including phenoxy) is 1. The maximum atomic E-state index is 12.3. The molecule has 1 saturated heterocycles. The molecule has 1 atom stereocenters. The number of imidazole rings is 1. The lowest BCUT2D eigenvalue weighted by Gasteiger charge is -2.24. The van der Waals surface area contributed by atoms with Crippen LogP contribution < -0.4 is 4.74 Å². The molecule has 2 aromatic rings. The summed E-state index contributed by atoms with van der Waals surface area (Å²) in [5.74, 6) is 0.868. The maximum absolute atomic E-state index is 12.3. The molecule has 1 aliphatic heterocycles. The molecule has 1 amide bonds. The van der Waals surface area contributed by atoms with E-state index in [9.17, 15) is 9.90 Å². The number of amides is 1. The van der Waals surface area contributed by atoms with Gasteiger partial charge in [0.05, 0.1) is 12.9 Å². The van der Waals surface area contributed by atoms with Gasteiger partial charge in [0.25, 0.3) is 0 Å². The molecular formula is C19H25N3O3. The van der Waals surface area contributed by atoms with Crippen molar-refractivity contribution < 1.29 is 14.6 Å². The van der Waals surface area contributed by atoms with Crippen LogP contribution in [0.2, 0.25) is 0 Å². The monoisotopic (exact) mass is 343 g/mol. The van der Waals surface area contributed by atoms with E-state index in [1.165, 1.54) is 0 Å². The van der Waals surface area contributed by atoms with Crippen molar-refractivity contribution >= 4 is 5.91 Å². The van der Waals surface area contributed by atoms with Crippen molar-refractivity contribution in [1.29, 1.82) is 0 Å². The first-order chi connectivity index (χ1) is 12.1. The summed E-state index contributed by atoms with van der Waals surface area (Å²) in [5.41, 5.74) is 0.0685. The van der Waals surface area contributed by atoms with Crippen molar-refractivity contribution in [2.75, 3.05) is 19.7 Å². The fourth-order valence-electron chi connectivity index (χ4n) is 3.11. The third-order valence-corrected chi connectivity index (χ3v) is 4.64. The molecule has 1 fully saturated rings. The maximum Gasteiger partial charge on any atom is 0.222 e. The molecule has 0 spiro atoms. The minimum absolute atomic E-state index is 0.0898. The second-order valence-electron chi connectivity index (χ2n) is 6.75. The molecule has 1 aliphatic rings. The minimum atomic E-state index is -0.970. The van der Waals surface area contributed by atoms with Gasteiger partial charge in [-0.3, -0.25) is 4.79 Å². The minimum Gasteiger partial charge on any atom is -0.490 e. The molecule has 3 rings (SSSR count). The van der Waals surface area contributed by atoms with Crippen LogP contribution >= 0.6 is 0 Å². The molecule has 2 heterocycles. The summed E-state index contributed by atoms with van der Waals surface area (Å²) in [6.45, 7) is 3.88. The molecule has 1 aromatic carbocycles. The van der Waals surface area contributed by atoms with Crippen molar-refractivity contribution in [3.63, 3.8) is 0 Å². The third-order valence-electron chi connectivity index (χ3n) is 4.64. The molecule has 0 saturated carbocycles. The summed E-state index contributed by atoms with van der Waals surface area (Å²) < 4.78 is 7.75. The van der Waals surface area contributed by atoms with Gasteiger partial charge in [-0.1, -0.05) is 18.2 Å². The molecule has 0 bridgehead atoms. The van der Waals surface area contributed by atoms with E-state index >= 15 is 0 Å². The lowest BCUT2D eigenvalue weighted by Crippen LogP contribution is -2.40. The summed E-state index contributed by atoms with van der Waals surface area (Å²) in [7, 11) is 0. The zero-order valence-electron chi connectivity index (χ0n) is 14.6. The number of carbonyl (C=O) groups excluding carboxylic acids is 1. The van der Waals surface area contributed by atoms with Crippen molar-refractivity contribution in [3.8, 4) is 5.75 Å². The Balaban J connectivity index is 1.45. The third kappa shape index (κ3) is 4.60. The SMILES string of the molecule is Cc1ccccc1OC[C@]1(O)CCN(C(=O)CCCn2ccnc2)C1. The fraction of sp³-hybridized carbons (Fsp3) is 0.474. The summed E-state index contributed by atoms with van der Waals surface area (Å²) in [5, 5.41) is 10.7. The Morgan fingerprint density at radius 1 is 1.40 bits per heavy atom. The Morgan fingerprint density at radius 3 is 3.00 bits per heavy atom. The predicted molar refractivity (Wildman–Crippen MR) is 94.3 cm³/mol. The Labute approximate surface area is 148 Å². The molecule has 0 aliphatic carbocycles. The summed E-state index contributed by atoms with van der Waals surface area (Å²) in [6.07, 6.45) is 7.17. The van der Waals surface area contributed by atoms with E-state index in [4.69, 9.17) is 4.74 Å². The van der Waals surface area contributed by atoms with Gasteiger partial charge in [0.15, 0.2) is 0 Å². The molecule has 0 radical (unpaired) electrons. The lowest BCUT2D eigenvalue weighted by atomic mass is 10.1. The molecule has 6 heteroatoms. The van der Waals surface area contributed by atoms with Crippen LogP contribution in [0.1, 0.15) is 24.8 Å². The average molecular weight is 343 g/mol. The Kier molecular flexibility index (Phi) is 5.38. The van der Waals surface area contributed by atoms with Gasteiger partial charge in [-0.15, -0.1) is 0 Å². The number of aliphatic hydroxyl groups is 1. The number of hydrogen-bond donors (Lipinski definition) is 1. The van der Waals surface area contributed by atoms with Crippen molar-refractivity contribution in [2.45, 2.75) is 38.3 Å². The Morgan fingerprint density at radius 2 is 2.24 bits per heavy atom. The van der Waals surface area contributed by atoms with Gasteiger partial charge in [-0.05, 0) is 31.4 Å². The largest absolute Gasteiger partial charge is 0.490 e. The summed E-state index contributed by atoms with van der Waals surface area (Å²) in [4.78, 5) is 18.1. The van der Waals surface area contributed by atoms with E-state index in [0.717, 1.165) is 24.3 Å². The van der Waals surface area contributed by atoms with Gasteiger partial charge < -0.3 is 19.3 Å². The molecule has 0 unspecified atom stereocenters. The molecule has 6 nitrogen and oxygen atoms in total. The van der Waals surface area contributed by atoms with E-state index in [1.54, 1.807) is 17.4 Å². The molecule has 134 valence electrons. The van der Waals surface area contributed by atoms with Crippen LogP contribution in [0.15, 0.2) is 43.0 Å². The Hall–Kier alpha value is -2.34. The molecule has 1 aromatic heterocycles. The summed E-state index contributed by atoms with van der Waals surface area (Å²) >= 11 is 0. The number of likely N-dealkylation sites (tertiary alicyclic amines) is 1. The van der Waals surface area contributed by atoms with Crippen LogP contribution in [-0.2, 0) is 11.3 Å². The highest BCUT2D eigenvalue weighted by atomic mass is 16.5. The fourth-order valence-corrected chi connectivity index (χ4v) is 3.11. The smallest absolute Gasteiger partial charge is 0.222 e. The standard InChI is InChI=1S/C19H25N3O3/c1-16-5-2-3-6-17(16)25-14-19(24)8-11-22(13-19)18(23)7-4-10-21-12-9-20-15-21/h2-3,5-6,9,12,15,24H,4,7-8,10-11,13-14H2,1H3/t19-/m0/s1. The van der Waals surface area contributed by atoms with Crippen LogP contribution in [0, 0.1) is 6.92 Å². The van der Waals surface area contributed by atoms with Crippen LogP contribution in [-0.4, -0.2) is 50.8 Å². The van der Waals surface area contributed by atoms with E-state index in [2.05, 4.69) is 4.98 Å². The number of para-hydroxylation sites is 1. The number of carbonyl (C=O) groups is 1. The number of hydrogen-bond acceptors (Lipinski definition) is 4. The number of aryl methyl sites for hydroxylation is 2. The quantitative estimate of drug-likeness (QED) is 0.835. The topological polar surface area (TPSA) is 67.6 Å². The van der Waals surface area contributed by atoms with Crippen LogP contribution in [0.5, 0.6) is 5.75 Å². The first kappa shape index (κ1) is 17.5. The molecular weight excluding hydrogens is 318 g/mol. The van der Waals surface area contributed by atoms with Gasteiger partial charge in [-0.2, -0.15) is 0 Å². The van der Waals surface area contributed by atoms with Gasteiger partial charge >= 0.3 is 0 Å². The summed E-state index contributed by atoms with van der Waals surface area (Å²) in [6, 6.07) is 7.74. The number of β-amino-alcohol motifs (C(OH)–C–C–N with tert-alkyl or cyclic N) is 1. The second-order valence-corrected chi connectivity index (χ2v) is 6.75. The first-order valence-electron chi connectivity index (χ1n) is 8.70. The van der Waals surface area contributed by atoms with Crippen molar-refractivity contribution in [2.24, 2.45) is 0 Å². The van der Waals surface area contributed by atoms with Gasteiger partial charge in [0.2, 0.25) is 5.91 Å². The Bertz CT molecular complexity index is 702. The molecule has 1 N–H and O–H groups in total. The van der Waals surface area contributed by atoms with Gasteiger partial charge in [0.1, 0.15) is 18.0 Å². The molecule has 25 heavy (non-hydrogen) atoms. The zero-order chi connectivity index (χ0) is 17.7. The van der Waals surface area contributed by atoms with Crippen LogP contribution in [0.3, 0.4) is 0 Å². The number of rotatable bonds is 7. The highest BCUT2D eigenvalue weighted by Crippen LogP contribution is 2.25. The lowest BCUT2D eigenvalue weighted by molar-refractivity contribution is -0.131.